The lowest BCUT2D eigenvalue weighted by atomic mass is 10.0. The summed E-state index contributed by atoms with van der Waals surface area (Å²) in [5, 5.41) is 10.7. The molecule has 4 nitrogen and oxygen atoms in total. The highest BCUT2D eigenvalue weighted by atomic mass is 35.5. The third-order valence-corrected chi connectivity index (χ3v) is 3.02. The van der Waals surface area contributed by atoms with Crippen molar-refractivity contribution >= 4 is 11.6 Å². The van der Waals surface area contributed by atoms with E-state index < -0.39 is 6.10 Å². The second kappa shape index (κ2) is 5.69. The van der Waals surface area contributed by atoms with E-state index in [-0.39, 0.29) is 6.10 Å². The summed E-state index contributed by atoms with van der Waals surface area (Å²) in [6.07, 6.45) is -1.07. The minimum absolute atomic E-state index is 0.338. The fourth-order valence-electron chi connectivity index (χ4n) is 1.76. The van der Waals surface area contributed by atoms with Gasteiger partial charge in [-0.3, -0.25) is 0 Å². The average Bonchev–Trinajstić information content (AvgIpc) is 2.39. The molecule has 2 unspecified atom stereocenters. The van der Waals surface area contributed by atoms with Crippen LogP contribution in [0.25, 0.3) is 0 Å². The maximum Gasteiger partial charge on any atom is 0.137 e. The molecular weight excluding hydrogens is 244 g/mol. The summed E-state index contributed by atoms with van der Waals surface area (Å²) in [6.45, 7) is 1.48. The van der Waals surface area contributed by atoms with Crippen LogP contribution in [-0.4, -0.2) is 38.1 Å². The highest BCUT2D eigenvalue weighted by molar-refractivity contribution is 6.32. The first-order valence-corrected chi connectivity index (χ1v) is 5.81. The zero-order valence-electron chi connectivity index (χ0n) is 9.56. The minimum Gasteiger partial charge on any atom is -0.495 e. The Morgan fingerprint density at radius 2 is 2.29 bits per heavy atom. The smallest absolute Gasteiger partial charge is 0.137 e. The molecule has 2 atom stereocenters. The van der Waals surface area contributed by atoms with Gasteiger partial charge in [0.15, 0.2) is 0 Å². The Hall–Kier alpha value is -0.810. The Morgan fingerprint density at radius 3 is 2.94 bits per heavy atom. The summed E-state index contributed by atoms with van der Waals surface area (Å²) in [4.78, 5) is 0. The van der Waals surface area contributed by atoms with E-state index in [1.54, 1.807) is 18.2 Å². The molecule has 0 saturated carbocycles. The molecule has 1 aliphatic rings. The molecule has 0 spiro atoms. The molecule has 0 radical (unpaired) electrons. The van der Waals surface area contributed by atoms with Gasteiger partial charge < -0.3 is 19.3 Å². The van der Waals surface area contributed by atoms with Gasteiger partial charge >= 0.3 is 0 Å². The SMILES string of the molecule is COc1cc(C(O)C2COCCO2)ccc1Cl. The van der Waals surface area contributed by atoms with Gasteiger partial charge in [-0.2, -0.15) is 0 Å². The first-order valence-electron chi connectivity index (χ1n) is 5.43. The van der Waals surface area contributed by atoms with Crippen LogP contribution >= 0.6 is 11.6 Å². The second-order valence-corrected chi connectivity index (χ2v) is 4.23. The first kappa shape index (κ1) is 12.6. The molecule has 2 rings (SSSR count). The van der Waals surface area contributed by atoms with E-state index in [9.17, 15) is 5.11 Å². The van der Waals surface area contributed by atoms with E-state index in [1.807, 2.05) is 0 Å². The van der Waals surface area contributed by atoms with Crippen LogP contribution in [0.3, 0.4) is 0 Å². The van der Waals surface area contributed by atoms with Gasteiger partial charge in [0.2, 0.25) is 0 Å². The van der Waals surface area contributed by atoms with Crippen molar-refractivity contribution in [3.05, 3.63) is 28.8 Å². The third kappa shape index (κ3) is 2.90. The lowest BCUT2D eigenvalue weighted by Crippen LogP contribution is -2.33. The molecule has 0 amide bonds. The number of ether oxygens (including phenoxy) is 3. The van der Waals surface area contributed by atoms with Crippen LogP contribution in [0.5, 0.6) is 5.75 Å². The van der Waals surface area contributed by atoms with Gasteiger partial charge in [-0.05, 0) is 17.7 Å². The third-order valence-electron chi connectivity index (χ3n) is 2.71. The van der Waals surface area contributed by atoms with Gasteiger partial charge in [-0.15, -0.1) is 0 Å². The van der Waals surface area contributed by atoms with Crippen LogP contribution in [0.1, 0.15) is 11.7 Å². The van der Waals surface area contributed by atoms with Crippen molar-refractivity contribution in [1.82, 2.24) is 0 Å². The number of hydrogen-bond acceptors (Lipinski definition) is 4. The van der Waals surface area contributed by atoms with Crippen LogP contribution in [0.15, 0.2) is 18.2 Å². The predicted molar refractivity (Wildman–Crippen MR) is 63.5 cm³/mol. The van der Waals surface area contributed by atoms with E-state index in [2.05, 4.69) is 0 Å². The number of rotatable bonds is 3. The molecule has 0 aliphatic carbocycles. The van der Waals surface area contributed by atoms with Gasteiger partial charge in [0, 0.05) is 0 Å². The van der Waals surface area contributed by atoms with Crippen molar-refractivity contribution in [3.63, 3.8) is 0 Å². The number of aliphatic hydroxyl groups is 1. The fraction of sp³-hybridized carbons (Fsp3) is 0.500. The molecule has 17 heavy (non-hydrogen) atoms. The Labute approximate surface area is 105 Å². The van der Waals surface area contributed by atoms with Crippen LogP contribution in [-0.2, 0) is 9.47 Å². The largest absolute Gasteiger partial charge is 0.495 e. The zero-order chi connectivity index (χ0) is 12.3. The molecule has 0 aromatic heterocycles. The first-order chi connectivity index (χ1) is 8.22. The predicted octanol–water partition coefficient (Wildman–Crippen LogP) is 1.80. The van der Waals surface area contributed by atoms with E-state index in [4.69, 9.17) is 25.8 Å². The Kier molecular flexibility index (Phi) is 4.23. The maximum absolute atomic E-state index is 10.2. The number of hydrogen-bond donors (Lipinski definition) is 1. The van der Waals surface area contributed by atoms with Gasteiger partial charge in [0.1, 0.15) is 18.0 Å². The summed E-state index contributed by atoms with van der Waals surface area (Å²) < 4.78 is 15.8. The lowest BCUT2D eigenvalue weighted by molar-refractivity contribution is -0.133. The molecule has 1 aromatic rings. The van der Waals surface area contributed by atoms with Gasteiger partial charge in [-0.25, -0.2) is 0 Å². The Bertz CT molecular complexity index is 377. The number of methoxy groups -OCH3 is 1. The summed E-state index contributed by atoms with van der Waals surface area (Å²) in [7, 11) is 1.54. The van der Waals surface area contributed by atoms with Crippen LogP contribution in [0.4, 0.5) is 0 Å². The normalized spacial score (nSPS) is 22.2. The van der Waals surface area contributed by atoms with Gasteiger partial charge in [0.25, 0.3) is 0 Å². The van der Waals surface area contributed by atoms with E-state index in [0.717, 1.165) is 0 Å². The molecule has 0 bridgehead atoms. The maximum atomic E-state index is 10.2. The van der Waals surface area contributed by atoms with Gasteiger partial charge in [-0.1, -0.05) is 17.7 Å². The van der Waals surface area contributed by atoms with E-state index in [0.29, 0.717) is 36.2 Å². The molecule has 5 heteroatoms. The van der Waals surface area contributed by atoms with Crippen molar-refractivity contribution in [1.29, 1.82) is 0 Å². The average molecular weight is 259 g/mol. The summed E-state index contributed by atoms with van der Waals surface area (Å²) >= 11 is 5.92. The molecule has 1 saturated heterocycles. The highest BCUT2D eigenvalue weighted by Crippen LogP contribution is 2.30. The topological polar surface area (TPSA) is 47.9 Å². The Morgan fingerprint density at radius 1 is 1.47 bits per heavy atom. The Balaban J connectivity index is 2.15. The molecular formula is C12H15ClO4. The van der Waals surface area contributed by atoms with Crippen LogP contribution in [0, 0.1) is 0 Å². The summed E-state index contributed by atoms with van der Waals surface area (Å²) in [6, 6.07) is 5.17. The molecule has 94 valence electrons. The summed E-state index contributed by atoms with van der Waals surface area (Å²) in [5.74, 6) is 0.542. The molecule has 1 aromatic carbocycles. The van der Waals surface area contributed by atoms with E-state index in [1.165, 1.54) is 7.11 Å². The quantitative estimate of drug-likeness (QED) is 0.898. The standard InChI is InChI=1S/C12H15ClO4/c1-15-10-6-8(2-3-9(10)13)12(14)11-7-16-4-5-17-11/h2-3,6,11-12,14H,4-5,7H2,1H3. The van der Waals surface area contributed by atoms with Crippen LogP contribution < -0.4 is 4.74 Å². The molecule has 1 aliphatic heterocycles. The van der Waals surface area contributed by atoms with Gasteiger partial charge in [0.05, 0.1) is 32.0 Å². The second-order valence-electron chi connectivity index (χ2n) is 3.82. The van der Waals surface area contributed by atoms with Crippen molar-refractivity contribution in [3.8, 4) is 5.75 Å². The minimum atomic E-state index is -0.735. The number of halogens is 1. The van der Waals surface area contributed by atoms with Crippen molar-refractivity contribution in [2.75, 3.05) is 26.9 Å². The van der Waals surface area contributed by atoms with Crippen molar-refractivity contribution in [2.45, 2.75) is 12.2 Å². The van der Waals surface area contributed by atoms with E-state index >= 15 is 0 Å². The van der Waals surface area contributed by atoms with Crippen molar-refractivity contribution in [2.24, 2.45) is 0 Å². The van der Waals surface area contributed by atoms with Crippen LogP contribution in [0.2, 0.25) is 5.02 Å². The summed E-state index contributed by atoms with van der Waals surface area (Å²) in [5.41, 5.74) is 0.710. The molecule has 1 heterocycles. The molecule has 1 N–H and O–H groups in total. The fourth-order valence-corrected chi connectivity index (χ4v) is 1.96. The number of aliphatic hydroxyl groups excluding tert-OH is 1. The lowest BCUT2D eigenvalue weighted by Gasteiger charge is -2.27. The molecule has 1 fully saturated rings. The monoisotopic (exact) mass is 258 g/mol. The van der Waals surface area contributed by atoms with Crippen molar-refractivity contribution < 1.29 is 19.3 Å². The highest BCUT2D eigenvalue weighted by Gasteiger charge is 2.25. The zero-order valence-corrected chi connectivity index (χ0v) is 10.3. The number of benzene rings is 1.